The molecule has 0 amide bonds. The van der Waals surface area contributed by atoms with E-state index in [9.17, 15) is 4.39 Å². The molecule has 0 radical (unpaired) electrons. The smallest absolute Gasteiger partial charge is 0.233 e. The average molecular weight is 452 g/mol. The largest absolute Gasteiger partial charge is 0.494 e. The molecular formula is C24H30FN7O. The highest BCUT2D eigenvalue weighted by molar-refractivity contribution is 5.57. The maximum absolute atomic E-state index is 14.1. The lowest BCUT2D eigenvalue weighted by molar-refractivity contribution is 0.386. The molecule has 4 rings (SSSR count). The van der Waals surface area contributed by atoms with Gasteiger partial charge in [0.25, 0.3) is 0 Å². The number of methoxy groups -OCH3 is 1. The molecule has 1 heterocycles. The zero-order chi connectivity index (χ0) is 23.0. The number of hydrogen-bond acceptors (Lipinski definition) is 8. The summed E-state index contributed by atoms with van der Waals surface area (Å²) in [6, 6.07) is 15.1. The molecule has 9 heteroatoms. The van der Waals surface area contributed by atoms with Crippen molar-refractivity contribution in [2.24, 2.45) is 5.92 Å². The first-order chi connectivity index (χ1) is 16.1. The molecule has 33 heavy (non-hydrogen) atoms. The van der Waals surface area contributed by atoms with Crippen molar-refractivity contribution in [3.8, 4) is 5.75 Å². The molecule has 1 saturated carbocycles. The minimum Gasteiger partial charge on any atom is -0.494 e. The fourth-order valence-corrected chi connectivity index (χ4v) is 4.12. The van der Waals surface area contributed by atoms with Gasteiger partial charge in [0.2, 0.25) is 17.8 Å². The summed E-state index contributed by atoms with van der Waals surface area (Å²) in [6.45, 7) is 1.34. The molecule has 4 N–H and O–H groups in total. The Bertz CT molecular complexity index is 1050. The molecule has 0 aliphatic heterocycles. The van der Waals surface area contributed by atoms with Gasteiger partial charge in [-0.25, -0.2) is 4.39 Å². The predicted molar refractivity (Wildman–Crippen MR) is 129 cm³/mol. The van der Waals surface area contributed by atoms with Crippen LogP contribution in [-0.2, 0) is 6.54 Å². The van der Waals surface area contributed by atoms with Gasteiger partial charge in [-0.05, 0) is 43.5 Å². The summed E-state index contributed by atoms with van der Waals surface area (Å²) in [5.41, 5.74) is 1.63. The van der Waals surface area contributed by atoms with Crippen LogP contribution in [0.1, 0.15) is 24.8 Å². The zero-order valence-electron chi connectivity index (χ0n) is 18.9. The summed E-state index contributed by atoms with van der Waals surface area (Å²) in [5, 5.41) is 13.1. The van der Waals surface area contributed by atoms with Gasteiger partial charge in [-0.2, -0.15) is 15.0 Å². The summed E-state index contributed by atoms with van der Waals surface area (Å²) >= 11 is 0. The normalized spacial score (nSPS) is 17.5. The highest BCUT2D eigenvalue weighted by Gasteiger charge is 2.25. The number of halogens is 1. The van der Waals surface area contributed by atoms with Gasteiger partial charge in [-0.15, -0.1) is 0 Å². The minimum absolute atomic E-state index is 0.180. The Labute approximate surface area is 193 Å². The van der Waals surface area contributed by atoms with Crippen molar-refractivity contribution < 1.29 is 9.13 Å². The number of nitrogens with zero attached hydrogens (tertiary/aromatic N) is 3. The van der Waals surface area contributed by atoms with Crippen molar-refractivity contribution in [3.05, 3.63) is 59.9 Å². The van der Waals surface area contributed by atoms with Crippen LogP contribution in [0, 0.1) is 11.7 Å². The Balaban J connectivity index is 1.52. The Hall–Kier alpha value is -3.46. The number of ether oxygens (including phenoxy) is 1. The number of benzene rings is 2. The molecule has 0 saturated heterocycles. The van der Waals surface area contributed by atoms with E-state index >= 15 is 0 Å². The first-order valence-electron chi connectivity index (χ1n) is 11.2. The number of rotatable bonds is 10. The van der Waals surface area contributed by atoms with Crippen molar-refractivity contribution in [3.63, 3.8) is 0 Å². The number of hydrogen-bond donors (Lipinski definition) is 4. The van der Waals surface area contributed by atoms with Crippen LogP contribution in [0.5, 0.6) is 5.75 Å². The first kappa shape index (κ1) is 22.7. The van der Waals surface area contributed by atoms with Gasteiger partial charge in [0, 0.05) is 30.9 Å². The lowest BCUT2D eigenvalue weighted by Gasteiger charge is -2.19. The Morgan fingerprint density at radius 1 is 0.970 bits per heavy atom. The molecule has 1 aromatic heterocycles. The maximum atomic E-state index is 14.1. The van der Waals surface area contributed by atoms with Gasteiger partial charge in [-0.1, -0.05) is 36.8 Å². The highest BCUT2D eigenvalue weighted by Crippen LogP contribution is 2.26. The third kappa shape index (κ3) is 6.07. The van der Waals surface area contributed by atoms with Gasteiger partial charge in [-0.3, -0.25) is 0 Å². The minimum atomic E-state index is -0.461. The summed E-state index contributed by atoms with van der Waals surface area (Å²) in [5.74, 6) is 1.46. The van der Waals surface area contributed by atoms with Crippen LogP contribution in [0.15, 0.2) is 48.5 Å². The third-order valence-electron chi connectivity index (χ3n) is 5.89. The molecule has 0 spiro atoms. The maximum Gasteiger partial charge on any atom is 0.233 e. The summed E-state index contributed by atoms with van der Waals surface area (Å²) in [4.78, 5) is 13.5. The van der Waals surface area contributed by atoms with E-state index < -0.39 is 5.82 Å². The monoisotopic (exact) mass is 451 g/mol. The van der Waals surface area contributed by atoms with E-state index in [0.717, 1.165) is 12.1 Å². The van der Waals surface area contributed by atoms with Crippen LogP contribution in [-0.4, -0.2) is 41.7 Å². The third-order valence-corrected chi connectivity index (χ3v) is 5.89. The molecule has 2 atom stereocenters. The molecule has 1 aliphatic carbocycles. The van der Waals surface area contributed by atoms with Crippen LogP contribution in [0.3, 0.4) is 0 Å². The SMILES string of the molecule is CNC1CCCC1CNc1nc(NCc2ccccc2)nc(Nc2ccc(OC)c(F)c2)n1. The van der Waals surface area contributed by atoms with Gasteiger partial charge < -0.3 is 26.0 Å². The lowest BCUT2D eigenvalue weighted by Crippen LogP contribution is -2.33. The second-order valence-corrected chi connectivity index (χ2v) is 8.09. The lowest BCUT2D eigenvalue weighted by atomic mass is 10.0. The molecule has 2 aromatic carbocycles. The second-order valence-electron chi connectivity index (χ2n) is 8.09. The summed E-state index contributed by atoms with van der Waals surface area (Å²) in [7, 11) is 3.44. The van der Waals surface area contributed by atoms with E-state index in [1.165, 1.54) is 32.4 Å². The molecule has 1 fully saturated rings. The molecule has 3 aromatic rings. The fraction of sp³-hybridized carbons (Fsp3) is 0.375. The average Bonchev–Trinajstić information content (AvgIpc) is 3.30. The predicted octanol–water partition coefficient (Wildman–Crippen LogP) is 4.18. The summed E-state index contributed by atoms with van der Waals surface area (Å²) in [6.07, 6.45) is 3.56. The second kappa shape index (κ2) is 10.9. The van der Waals surface area contributed by atoms with Crippen molar-refractivity contribution in [1.82, 2.24) is 20.3 Å². The van der Waals surface area contributed by atoms with E-state index in [1.807, 2.05) is 37.4 Å². The molecule has 8 nitrogen and oxygen atoms in total. The zero-order valence-corrected chi connectivity index (χ0v) is 18.9. The molecular weight excluding hydrogens is 421 g/mol. The van der Waals surface area contributed by atoms with E-state index in [-0.39, 0.29) is 5.75 Å². The topological polar surface area (TPSA) is 96.0 Å². The van der Waals surface area contributed by atoms with Crippen LogP contribution in [0.4, 0.5) is 27.9 Å². The molecule has 2 unspecified atom stereocenters. The number of nitrogens with one attached hydrogen (secondary N) is 4. The number of anilines is 4. The van der Waals surface area contributed by atoms with Crippen LogP contribution in [0.2, 0.25) is 0 Å². The van der Waals surface area contributed by atoms with E-state index in [2.05, 4.69) is 36.2 Å². The van der Waals surface area contributed by atoms with E-state index in [4.69, 9.17) is 4.74 Å². The van der Waals surface area contributed by atoms with E-state index in [1.54, 1.807) is 12.1 Å². The molecule has 1 aliphatic rings. The first-order valence-corrected chi connectivity index (χ1v) is 11.2. The van der Waals surface area contributed by atoms with Crippen molar-refractivity contribution in [2.75, 3.05) is 36.7 Å². The standard InChI is InChI=1S/C24H30FN7O/c1-26-20-10-6-9-17(20)15-28-23-30-22(27-14-16-7-4-3-5-8-16)31-24(32-23)29-18-11-12-21(33-2)19(25)13-18/h3-5,7-8,11-13,17,20,26H,6,9-10,14-15H2,1-2H3,(H3,27,28,29,30,31,32). The van der Waals surface area contributed by atoms with Crippen LogP contribution in [0.25, 0.3) is 0 Å². The van der Waals surface area contributed by atoms with Gasteiger partial charge >= 0.3 is 0 Å². The van der Waals surface area contributed by atoms with Crippen molar-refractivity contribution >= 4 is 23.5 Å². The van der Waals surface area contributed by atoms with Gasteiger partial charge in [0.1, 0.15) is 0 Å². The highest BCUT2D eigenvalue weighted by atomic mass is 19.1. The Kier molecular flexibility index (Phi) is 7.51. The van der Waals surface area contributed by atoms with Crippen molar-refractivity contribution in [1.29, 1.82) is 0 Å². The van der Waals surface area contributed by atoms with Crippen molar-refractivity contribution in [2.45, 2.75) is 31.8 Å². The Morgan fingerprint density at radius 3 is 2.45 bits per heavy atom. The van der Waals surface area contributed by atoms with Gasteiger partial charge in [0.05, 0.1) is 7.11 Å². The molecule has 174 valence electrons. The summed E-state index contributed by atoms with van der Waals surface area (Å²) < 4.78 is 19.1. The Morgan fingerprint density at radius 2 is 1.73 bits per heavy atom. The molecule has 0 bridgehead atoms. The van der Waals surface area contributed by atoms with Crippen LogP contribution < -0.4 is 26.0 Å². The number of aromatic nitrogens is 3. The van der Waals surface area contributed by atoms with E-state index in [0.29, 0.717) is 42.0 Å². The fourth-order valence-electron chi connectivity index (χ4n) is 4.12. The van der Waals surface area contributed by atoms with Gasteiger partial charge in [0.15, 0.2) is 11.6 Å². The quantitative estimate of drug-likeness (QED) is 0.365. The van der Waals surface area contributed by atoms with Crippen LogP contribution >= 0.6 is 0 Å².